The van der Waals surface area contributed by atoms with Gasteiger partial charge in [0.1, 0.15) is 23.9 Å². The van der Waals surface area contributed by atoms with E-state index in [0.717, 1.165) is 53.2 Å². The summed E-state index contributed by atoms with van der Waals surface area (Å²) in [6.45, 7) is 10.6. The van der Waals surface area contributed by atoms with E-state index in [1.54, 1.807) is 14.0 Å². The third-order valence-corrected chi connectivity index (χ3v) is 9.70. The predicted octanol–water partition coefficient (Wildman–Crippen LogP) is 5.66. The molecule has 1 N–H and O–H groups in total. The largest absolute Gasteiger partial charge is 0.497 e. The van der Waals surface area contributed by atoms with Crippen molar-refractivity contribution >= 4 is 17.4 Å². The molecule has 2 heterocycles. The Balaban J connectivity index is 1.20. The molecular weight excluding hydrogens is 590 g/mol. The molecule has 1 aliphatic carbocycles. The molecule has 8 nitrogen and oxygen atoms in total. The maximum Gasteiger partial charge on any atom is 0.252 e. The van der Waals surface area contributed by atoms with Crippen LogP contribution < -0.4 is 19.5 Å². The number of hydrogen-bond acceptors (Lipinski definition) is 6. The highest BCUT2D eigenvalue weighted by atomic mass is 16.5. The molecule has 6 rings (SSSR count). The summed E-state index contributed by atoms with van der Waals surface area (Å²) in [4.78, 5) is 30.8. The first-order chi connectivity index (χ1) is 22.7. The summed E-state index contributed by atoms with van der Waals surface area (Å²) in [7, 11) is 1.64. The second-order valence-corrected chi connectivity index (χ2v) is 13.2. The minimum atomic E-state index is -0.216. The Morgan fingerprint density at radius 3 is 2.32 bits per heavy atom. The van der Waals surface area contributed by atoms with Gasteiger partial charge in [-0.25, -0.2) is 0 Å². The molecule has 2 bridgehead atoms. The molecule has 47 heavy (non-hydrogen) atoms. The number of benzene rings is 3. The van der Waals surface area contributed by atoms with Crippen LogP contribution in [0.4, 0.5) is 0 Å². The quantitative estimate of drug-likeness (QED) is 0.276. The Hall–Kier alpha value is -4.30. The Morgan fingerprint density at radius 1 is 0.915 bits per heavy atom. The fourth-order valence-corrected chi connectivity index (χ4v) is 6.85. The van der Waals surface area contributed by atoms with Crippen molar-refractivity contribution in [2.75, 3.05) is 40.0 Å². The van der Waals surface area contributed by atoms with Crippen molar-refractivity contribution in [1.82, 2.24) is 15.1 Å². The molecule has 0 radical (unpaired) electrons. The first-order valence-corrected chi connectivity index (χ1v) is 16.8. The van der Waals surface area contributed by atoms with Crippen LogP contribution in [0.15, 0.2) is 66.2 Å². The van der Waals surface area contributed by atoms with Crippen LogP contribution in [0, 0.1) is 20.8 Å². The molecule has 8 heteroatoms. The van der Waals surface area contributed by atoms with Crippen molar-refractivity contribution in [2.24, 2.45) is 0 Å². The highest BCUT2D eigenvalue weighted by molar-refractivity contribution is 6.03. The minimum absolute atomic E-state index is 0.0449. The Morgan fingerprint density at radius 2 is 1.64 bits per heavy atom. The summed E-state index contributed by atoms with van der Waals surface area (Å²) < 4.78 is 17.5. The molecule has 3 aromatic carbocycles. The third kappa shape index (κ3) is 7.65. The van der Waals surface area contributed by atoms with Gasteiger partial charge < -0.3 is 29.3 Å². The first kappa shape index (κ1) is 32.6. The van der Waals surface area contributed by atoms with Gasteiger partial charge in [0.25, 0.3) is 5.91 Å². The Bertz CT molecular complexity index is 1630. The van der Waals surface area contributed by atoms with E-state index >= 15 is 0 Å². The number of ether oxygens (including phenoxy) is 3. The molecule has 1 saturated carbocycles. The zero-order valence-corrected chi connectivity index (χ0v) is 28.3. The Kier molecular flexibility index (Phi) is 9.87. The number of carbonyl (C=O) groups is 2. The van der Waals surface area contributed by atoms with E-state index in [4.69, 9.17) is 14.2 Å². The summed E-state index contributed by atoms with van der Waals surface area (Å²) in [5, 5.41) is 3.68. The first-order valence-electron chi connectivity index (χ1n) is 16.8. The highest BCUT2D eigenvalue weighted by Crippen LogP contribution is 2.37. The van der Waals surface area contributed by atoms with Crippen LogP contribution >= 0.6 is 0 Å². The SMILES string of the molecule is COc1ccc(OCCN(C(=O)C2=C(c3ccc(CCOc4cc(C)cc(C)c4C)cc3)CC3CN(C(C)=O)CC2N3)C2CC2)cc1. The van der Waals surface area contributed by atoms with Gasteiger partial charge in [0, 0.05) is 44.1 Å². The zero-order chi connectivity index (χ0) is 33.1. The maximum absolute atomic E-state index is 14.5. The van der Waals surface area contributed by atoms with Gasteiger partial charge in [0.2, 0.25) is 5.91 Å². The van der Waals surface area contributed by atoms with Crippen LogP contribution in [0.1, 0.15) is 54.0 Å². The lowest BCUT2D eigenvalue weighted by Gasteiger charge is -2.44. The summed E-state index contributed by atoms with van der Waals surface area (Å²) >= 11 is 0. The monoisotopic (exact) mass is 637 g/mol. The van der Waals surface area contributed by atoms with E-state index in [0.29, 0.717) is 39.3 Å². The smallest absolute Gasteiger partial charge is 0.252 e. The van der Waals surface area contributed by atoms with E-state index in [9.17, 15) is 9.59 Å². The summed E-state index contributed by atoms with van der Waals surface area (Å²) in [5.74, 6) is 2.56. The van der Waals surface area contributed by atoms with Gasteiger partial charge in [-0.3, -0.25) is 9.59 Å². The number of methoxy groups -OCH3 is 1. The van der Waals surface area contributed by atoms with Gasteiger partial charge in [-0.2, -0.15) is 0 Å². The number of aryl methyl sites for hydroxylation is 2. The normalized spacial score (nSPS) is 19.0. The lowest BCUT2D eigenvalue weighted by Crippen LogP contribution is -2.62. The van der Waals surface area contributed by atoms with Gasteiger partial charge in [-0.15, -0.1) is 0 Å². The molecule has 2 unspecified atom stereocenters. The number of amides is 2. The van der Waals surface area contributed by atoms with E-state index in [1.807, 2.05) is 34.1 Å². The number of rotatable bonds is 12. The second kappa shape index (κ2) is 14.2. The molecule has 0 aromatic heterocycles. The fraction of sp³-hybridized carbons (Fsp3) is 0.436. The number of nitrogens with one attached hydrogen (secondary N) is 1. The van der Waals surface area contributed by atoms with Crippen molar-refractivity contribution in [3.05, 3.63) is 94.1 Å². The molecule has 0 spiro atoms. The third-order valence-electron chi connectivity index (χ3n) is 9.70. The summed E-state index contributed by atoms with van der Waals surface area (Å²) in [6.07, 6.45) is 3.48. The van der Waals surface area contributed by atoms with Crippen molar-refractivity contribution in [1.29, 1.82) is 0 Å². The second-order valence-electron chi connectivity index (χ2n) is 13.2. The number of carbonyl (C=O) groups excluding carboxylic acids is 2. The van der Waals surface area contributed by atoms with Crippen molar-refractivity contribution in [2.45, 2.75) is 71.5 Å². The standard InChI is InChI=1S/C39H47N3O5/c1-25-20-26(2)27(3)37(21-25)47-18-16-29-6-8-30(9-7-29)35-22-31-23-41(28(4)43)24-36(40-31)38(35)39(44)42(32-10-11-32)17-19-46-34-14-12-33(45-5)13-15-34/h6-9,12-15,20-21,31-32,36,40H,10-11,16-19,22-24H2,1-5H3. The molecule has 1 saturated heterocycles. The van der Waals surface area contributed by atoms with E-state index in [-0.39, 0.29) is 29.9 Å². The van der Waals surface area contributed by atoms with Gasteiger partial charge in [0.15, 0.2) is 0 Å². The van der Waals surface area contributed by atoms with Crippen LogP contribution in [0.2, 0.25) is 0 Å². The van der Waals surface area contributed by atoms with Crippen molar-refractivity contribution in [3.63, 3.8) is 0 Å². The van der Waals surface area contributed by atoms with Crippen molar-refractivity contribution in [3.8, 4) is 17.2 Å². The molecule has 2 aliphatic heterocycles. The molecule has 3 aliphatic rings. The van der Waals surface area contributed by atoms with Crippen molar-refractivity contribution < 1.29 is 23.8 Å². The zero-order valence-electron chi connectivity index (χ0n) is 28.3. The molecular formula is C39H47N3O5. The van der Waals surface area contributed by atoms with Gasteiger partial charge >= 0.3 is 0 Å². The van der Waals surface area contributed by atoms with Crippen LogP contribution in [-0.2, 0) is 16.0 Å². The predicted molar refractivity (Wildman–Crippen MR) is 184 cm³/mol. The average molecular weight is 638 g/mol. The lowest BCUT2D eigenvalue weighted by atomic mass is 9.82. The summed E-state index contributed by atoms with van der Waals surface area (Å²) in [5.41, 5.74) is 7.76. The number of fused-ring (bicyclic) bond motifs is 2. The number of nitrogens with zero attached hydrogens (tertiary/aromatic N) is 2. The van der Waals surface area contributed by atoms with E-state index in [2.05, 4.69) is 62.5 Å². The van der Waals surface area contributed by atoms with Crippen LogP contribution in [0.5, 0.6) is 17.2 Å². The lowest BCUT2D eigenvalue weighted by molar-refractivity contribution is -0.132. The van der Waals surface area contributed by atoms with Gasteiger partial charge in [-0.1, -0.05) is 30.3 Å². The average Bonchev–Trinajstić information content (AvgIpc) is 3.91. The van der Waals surface area contributed by atoms with E-state index < -0.39 is 0 Å². The Labute approximate surface area is 278 Å². The van der Waals surface area contributed by atoms with Crippen LogP contribution in [0.3, 0.4) is 0 Å². The molecule has 2 amide bonds. The number of hydrogen-bond donors (Lipinski definition) is 1. The maximum atomic E-state index is 14.5. The topological polar surface area (TPSA) is 80.3 Å². The number of piperazine rings is 1. The fourth-order valence-electron chi connectivity index (χ4n) is 6.85. The van der Waals surface area contributed by atoms with Gasteiger partial charge in [0.05, 0.1) is 26.3 Å². The molecule has 248 valence electrons. The van der Waals surface area contributed by atoms with Gasteiger partial charge in [-0.05, 0) is 104 Å². The van der Waals surface area contributed by atoms with Crippen LogP contribution in [-0.4, -0.2) is 79.7 Å². The van der Waals surface area contributed by atoms with Crippen LogP contribution in [0.25, 0.3) is 5.57 Å². The highest BCUT2D eigenvalue weighted by Gasteiger charge is 2.42. The molecule has 2 atom stereocenters. The minimum Gasteiger partial charge on any atom is -0.497 e. The molecule has 3 aromatic rings. The summed E-state index contributed by atoms with van der Waals surface area (Å²) in [6, 6.07) is 20.5. The van der Waals surface area contributed by atoms with E-state index in [1.165, 1.54) is 22.3 Å². The molecule has 2 fully saturated rings.